The van der Waals surface area contributed by atoms with Crippen molar-refractivity contribution in [2.24, 2.45) is 29.6 Å². The molecule has 3 aliphatic carbocycles. The van der Waals surface area contributed by atoms with Crippen molar-refractivity contribution < 1.29 is 52.7 Å². The standard InChI is InChI=1S/C38H44O11/c1-20-17-21(2)38-26(15-16-27-29(38)30(39)22(3)32(33(27)49-38)48-34(40)25-13-9-10-14-25)18-28(44-5)35(41)47-31(20)23(4)46-37(43)36(42)45-19-24-11-7-6-8-12-24/h6-13,15-17,20,22-23,26-33,39H,14,18-19H2,1-5H3/b21-17+/t20-,22-,23-,26-,27?,28+,29?,30-,31+,32-,33-,38+/m1/s1. The Kier molecular flexibility index (Phi) is 9.97. The maximum atomic E-state index is 13.6. The molecule has 1 aromatic rings. The van der Waals surface area contributed by atoms with Crippen LogP contribution in [0.3, 0.4) is 0 Å². The molecule has 0 radical (unpaired) electrons. The summed E-state index contributed by atoms with van der Waals surface area (Å²) in [5, 5.41) is 11.9. The van der Waals surface area contributed by atoms with Crippen molar-refractivity contribution in [3.63, 3.8) is 0 Å². The number of cyclic esters (lactones) is 1. The van der Waals surface area contributed by atoms with Crippen LogP contribution in [-0.2, 0) is 54.2 Å². The zero-order valence-corrected chi connectivity index (χ0v) is 28.4. The van der Waals surface area contributed by atoms with Crippen molar-refractivity contribution in [1.29, 1.82) is 0 Å². The van der Waals surface area contributed by atoms with E-state index in [1.165, 1.54) is 7.11 Å². The van der Waals surface area contributed by atoms with Gasteiger partial charge in [0.2, 0.25) is 0 Å². The van der Waals surface area contributed by atoms with E-state index in [0.29, 0.717) is 17.6 Å². The molecule has 12 atom stereocenters. The molecule has 1 aromatic carbocycles. The zero-order valence-electron chi connectivity index (χ0n) is 28.4. The van der Waals surface area contributed by atoms with Gasteiger partial charge in [-0.3, -0.25) is 0 Å². The summed E-state index contributed by atoms with van der Waals surface area (Å²) in [6, 6.07) is 8.93. The largest absolute Gasteiger partial charge is 0.456 e. The molecule has 2 unspecified atom stereocenters. The fraction of sp³-hybridized carbons (Fsp3) is 0.526. The van der Waals surface area contributed by atoms with Gasteiger partial charge in [-0.25, -0.2) is 19.2 Å². The van der Waals surface area contributed by atoms with Crippen LogP contribution in [0.5, 0.6) is 0 Å². The molecule has 1 saturated carbocycles. The van der Waals surface area contributed by atoms with Crippen molar-refractivity contribution in [1.82, 2.24) is 0 Å². The fourth-order valence-electron chi connectivity index (χ4n) is 8.35. The lowest BCUT2D eigenvalue weighted by molar-refractivity contribution is -0.184. The summed E-state index contributed by atoms with van der Waals surface area (Å²) in [4.78, 5) is 52.0. The second-order valence-electron chi connectivity index (χ2n) is 13.8. The van der Waals surface area contributed by atoms with E-state index in [2.05, 4.69) is 0 Å². The Morgan fingerprint density at radius 2 is 1.86 bits per heavy atom. The van der Waals surface area contributed by atoms with Crippen LogP contribution in [-0.4, -0.2) is 78.3 Å². The van der Waals surface area contributed by atoms with Crippen LogP contribution in [0.15, 0.2) is 77.9 Å². The van der Waals surface area contributed by atoms with Crippen LogP contribution in [0, 0.1) is 29.6 Å². The fourth-order valence-corrected chi connectivity index (χ4v) is 8.35. The number of aliphatic hydroxyl groups excluding tert-OH is 1. The summed E-state index contributed by atoms with van der Waals surface area (Å²) in [5.74, 6) is -5.44. The Bertz CT molecular complexity index is 1580. The van der Waals surface area contributed by atoms with Crippen LogP contribution in [0.4, 0.5) is 0 Å². The van der Waals surface area contributed by atoms with Crippen molar-refractivity contribution in [3.05, 3.63) is 83.5 Å². The van der Waals surface area contributed by atoms with E-state index in [1.807, 2.05) is 57.2 Å². The molecule has 1 N–H and O–H groups in total. The van der Waals surface area contributed by atoms with E-state index in [9.17, 15) is 24.3 Å². The molecule has 262 valence electrons. The van der Waals surface area contributed by atoms with Crippen LogP contribution >= 0.6 is 0 Å². The smallest absolute Gasteiger partial charge is 0.417 e. The SMILES string of the molecule is CO[C@H]1C[C@H]2C=CC3C4[C@H](O)[C@@H](C)[C@@H](OC(=O)C5=CC=CC5)[C@@H]3O[C@]42/C(C)=C/[C@@H](C)[C@@H]([C@@H](C)OC(=O)C(=O)OCc2ccccc2)OC1=O. The van der Waals surface area contributed by atoms with Gasteiger partial charge >= 0.3 is 23.9 Å². The maximum Gasteiger partial charge on any atom is 0.417 e. The number of aliphatic hydroxyl groups is 1. The monoisotopic (exact) mass is 676 g/mol. The number of hydrogen-bond donors (Lipinski definition) is 1. The molecule has 2 fully saturated rings. The number of hydrogen-bond acceptors (Lipinski definition) is 11. The highest BCUT2D eigenvalue weighted by Crippen LogP contribution is 2.61. The number of carbonyl (C=O) groups is 4. The topological polar surface area (TPSA) is 144 Å². The molecule has 2 heterocycles. The molecule has 49 heavy (non-hydrogen) atoms. The van der Waals surface area contributed by atoms with Gasteiger partial charge in [-0.05, 0) is 37.8 Å². The number of rotatable bonds is 7. The molecule has 0 amide bonds. The van der Waals surface area contributed by atoms with E-state index in [1.54, 1.807) is 37.3 Å². The van der Waals surface area contributed by atoms with Gasteiger partial charge in [0.25, 0.3) is 0 Å². The minimum Gasteiger partial charge on any atom is -0.456 e. The Hall–Kier alpha value is -4.06. The molecule has 6 rings (SSSR count). The Morgan fingerprint density at radius 1 is 1.10 bits per heavy atom. The van der Waals surface area contributed by atoms with E-state index in [4.69, 9.17) is 28.4 Å². The van der Waals surface area contributed by atoms with Gasteiger partial charge in [-0.2, -0.15) is 0 Å². The molecule has 1 spiro atoms. The highest BCUT2D eigenvalue weighted by atomic mass is 16.6. The van der Waals surface area contributed by atoms with Gasteiger partial charge < -0.3 is 33.5 Å². The molecule has 2 aliphatic heterocycles. The van der Waals surface area contributed by atoms with Crippen molar-refractivity contribution in [2.75, 3.05) is 7.11 Å². The lowest BCUT2D eigenvalue weighted by Crippen LogP contribution is -2.57. The number of esters is 4. The van der Waals surface area contributed by atoms with Gasteiger partial charge in [0, 0.05) is 42.3 Å². The summed E-state index contributed by atoms with van der Waals surface area (Å²) < 4.78 is 35.3. The van der Waals surface area contributed by atoms with Crippen LogP contribution < -0.4 is 0 Å². The van der Waals surface area contributed by atoms with Gasteiger partial charge in [-0.15, -0.1) is 0 Å². The summed E-state index contributed by atoms with van der Waals surface area (Å²) in [6.07, 6.45) is 6.86. The lowest BCUT2D eigenvalue weighted by Gasteiger charge is -2.49. The van der Waals surface area contributed by atoms with Gasteiger partial charge in [-0.1, -0.05) is 80.6 Å². The van der Waals surface area contributed by atoms with Gasteiger partial charge in [0.15, 0.2) is 6.10 Å². The average molecular weight is 677 g/mol. The minimum absolute atomic E-state index is 0.101. The van der Waals surface area contributed by atoms with Crippen LogP contribution in [0.1, 0.15) is 46.1 Å². The summed E-state index contributed by atoms with van der Waals surface area (Å²) >= 11 is 0. The van der Waals surface area contributed by atoms with E-state index < -0.39 is 83.9 Å². The van der Waals surface area contributed by atoms with Crippen molar-refractivity contribution in [3.8, 4) is 0 Å². The maximum absolute atomic E-state index is 13.6. The zero-order chi connectivity index (χ0) is 35.0. The summed E-state index contributed by atoms with van der Waals surface area (Å²) in [5.41, 5.74) is 1.00. The first-order valence-corrected chi connectivity index (χ1v) is 16.9. The van der Waals surface area contributed by atoms with Crippen molar-refractivity contribution in [2.45, 2.75) is 89.4 Å². The lowest BCUT2D eigenvalue weighted by atomic mass is 9.57. The number of benzene rings is 1. The van der Waals surface area contributed by atoms with E-state index in [-0.39, 0.29) is 24.9 Å². The molecular formula is C38H44O11. The summed E-state index contributed by atoms with van der Waals surface area (Å²) in [7, 11) is 1.42. The second kappa shape index (κ2) is 14.0. The molecular weight excluding hydrogens is 632 g/mol. The highest BCUT2D eigenvalue weighted by molar-refractivity contribution is 6.29. The van der Waals surface area contributed by atoms with E-state index >= 15 is 0 Å². The second-order valence-corrected chi connectivity index (χ2v) is 13.8. The van der Waals surface area contributed by atoms with Gasteiger partial charge in [0.1, 0.15) is 36.6 Å². The van der Waals surface area contributed by atoms with Gasteiger partial charge in [0.05, 0.1) is 6.10 Å². The average Bonchev–Trinajstić information content (AvgIpc) is 3.70. The molecule has 0 aromatic heterocycles. The molecule has 11 nitrogen and oxygen atoms in total. The first kappa shape index (κ1) is 34.8. The Labute approximate surface area is 285 Å². The van der Waals surface area contributed by atoms with E-state index in [0.717, 1.165) is 5.57 Å². The first-order chi connectivity index (χ1) is 23.5. The first-order valence-electron chi connectivity index (χ1n) is 16.9. The normalized spacial score (nSPS) is 37.9. The molecule has 5 aliphatic rings. The van der Waals surface area contributed by atoms with Crippen LogP contribution in [0.25, 0.3) is 0 Å². The van der Waals surface area contributed by atoms with Crippen molar-refractivity contribution >= 4 is 23.9 Å². The summed E-state index contributed by atoms with van der Waals surface area (Å²) in [6.45, 7) is 7.06. The van der Waals surface area contributed by atoms with Crippen LogP contribution in [0.2, 0.25) is 0 Å². The highest BCUT2D eigenvalue weighted by Gasteiger charge is 2.69. The number of allylic oxidation sites excluding steroid dienone is 3. The number of ether oxygens (including phenoxy) is 6. The molecule has 11 heteroatoms. The molecule has 4 bridgehead atoms. The predicted octanol–water partition coefficient (Wildman–Crippen LogP) is 3.94. The third-order valence-corrected chi connectivity index (χ3v) is 10.8. The Balaban J connectivity index is 1.27. The third kappa shape index (κ3) is 6.39. The Morgan fingerprint density at radius 3 is 2.55 bits per heavy atom. The minimum atomic E-state index is -1.21. The third-order valence-electron chi connectivity index (χ3n) is 10.8. The quantitative estimate of drug-likeness (QED) is 0.194. The number of carbonyl (C=O) groups excluding carboxylic acids is 4. The number of methoxy groups -OCH3 is 1. The predicted molar refractivity (Wildman–Crippen MR) is 174 cm³/mol. The molecule has 1 saturated heterocycles.